The molecule has 0 amide bonds. The Kier molecular flexibility index (Phi) is 3.27. The fraction of sp³-hybridized carbons (Fsp3) is 0.750. The number of sulfonamides is 1. The number of hydrogen-bond donors (Lipinski definition) is 1. The van der Waals surface area contributed by atoms with Crippen LogP contribution < -0.4 is 4.72 Å². The summed E-state index contributed by atoms with van der Waals surface area (Å²) < 4.78 is 29.2. The monoisotopic (exact) mass is 271 g/mol. The van der Waals surface area contributed by atoms with Crippen molar-refractivity contribution in [2.45, 2.75) is 57.1 Å². The molecule has 0 radical (unpaired) electrons. The minimum atomic E-state index is -3.48. The first-order valence-electron chi connectivity index (χ1n) is 6.36. The minimum Gasteiger partial charge on any atom is -0.250 e. The van der Waals surface area contributed by atoms with Crippen LogP contribution in [-0.2, 0) is 10.0 Å². The molecular formula is C12H21N3O2S. The summed E-state index contributed by atoms with van der Waals surface area (Å²) in [4.78, 5) is 0. The number of rotatable bonds is 5. The van der Waals surface area contributed by atoms with Crippen LogP contribution in [0.4, 0.5) is 0 Å². The summed E-state index contributed by atoms with van der Waals surface area (Å²) in [5.74, 6) is 0.308. The number of nitrogens with one attached hydrogen (secondary N) is 1. The molecule has 0 aromatic carbocycles. The van der Waals surface area contributed by atoms with Crippen LogP contribution in [0.2, 0.25) is 0 Å². The van der Waals surface area contributed by atoms with E-state index in [1.807, 2.05) is 13.8 Å². The molecule has 2 rings (SSSR count). The van der Waals surface area contributed by atoms with E-state index in [9.17, 15) is 8.42 Å². The highest BCUT2D eigenvalue weighted by Crippen LogP contribution is 2.43. The van der Waals surface area contributed by atoms with Crippen LogP contribution in [0.3, 0.4) is 0 Å². The van der Waals surface area contributed by atoms with Crippen LogP contribution in [-0.4, -0.2) is 23.7 Å². The Balaban J connectivity index is 2.29. The molecule has 1 aliphatic rings. The van der Waals surface area contributed by atoms with Crippen molar-refractivity contribution in [3.8, 4) is 0 Å². The maximum atomic E-state index is 12.4. The van der Waals surface area contributed by atoms with Crippen molar-refractivity contribution < 1.29 is 8.42 Å². The Morgan fingerprint density at radius 2 is 1.94 bits per heavy atom. The van der Waals surface area contributed by atoms with E-state index < -0.39 is 10.0 Å². The van der Waals surface area contributed by atoms with Crippen molar-refractivity contribution >= 4 is 10.0 Å². The van der Waals surface area contributed by atoms with E-state index >= 15 is 0 Å². The van der Waals surface area contributed by atoms with E-state index in [-0.39, 0.29) is 16.6 Å². The molecule has 18 heavy (non-hydrogen) atoms. The van der Waals surface area contributed by atoms with Crippen molar-refractivity contribution in [3.05, 3.63) is 12.3 Å². The topological polar surface area (TPSA) is 64.0 Å². The van der Waals surface area contributed by atoms with Gasteiger partial charge in [0, 0.05) is 11.6 Å². The summed E-state index contributed by atoms with van der Waals surface area (Å²) in [6.45, 7) is 7.94. The highest BCUT2D eigenvalue weighted by Gasteiger charge is 2.48. The van der Waals surface area contributed by atoms with Gasteiger partial charge >= 0.3 is 0 Å². The molecule has 0 bridgehead atoms. The number of hydrogen-bond acceptors (Lipinski definition) is 3. The highest BCUT2D eigenvalue weighted by atomic mass is 32.2. The first kappa shape index (κ1) is 13.5. The Morgan fingerprint density at radius 3 is 2.39 bits per heavy atom. The second-order valence-electron chi connectivity index (χ2n) is 5.62. The van der Waals surface area contributed by atoms with Gasteiger partial charge in [-0.2, -0.15) is 5.10 Å². The van der Waals surface area contributed by atoms with Gasteiger partial charge in [-0.15, -0.1) is 0 Å². The van der Waals surface area contributed by atoms with Gasteiger partial charge in [-0.3, -0.25) is 4.68 Å². The lowest BCUT2D eigenvalue weighted by Crippen LogP contribution is -2.41. The second-order valence-corrected chi connectivity index (χ2v) is 7.25. The van der Waals surface area contributed by atoms with E-state index in [2.05, 4.69) is 23.7 Å². The first-order valence-corrected chi connectivity index (χ1v) is 7.84. The number of nitrogens with zero attached hydrogens (tertiary/aromatic N) is 2. The quantitative estimate of drug-likeness (QED) is 0.890. The summed E-state index contributed by atoms with van der Waals surface area (Å²) >= 11 is 0. The second kappa shape index (κ2) is 4.35. The SMILES string of the molecule is CC(C)n1nccc1S(=O)(=O)NC1(C(C)C)CC1. The summed E-state index contributed by atoms with van der Waals surface area (Å²) in [5.41, 5.74) is -0.245. The molecule has 1 aromatic rings. The molecule has 1 aliphatic carbocycles. The highest BCUT2D eigenvalue weighted by molar-refractivity contribution is 7.89. The lowest BCUT2D eigenvalue weighted by molar-refractivity contribution is 0.422. The first-order chi connectivity index (χ1) is 8.28. The molecular weight excluding hydrogens is 250 g/mol. The average Bonchev–Trinajstić information content (AvgIpc) is 2.85. The van der Waals surface area contributed by atoms with E-state index in [4.69, 9.17) is 0 Å². The summed E-state index contributed by atoms with van der Waals surface area (Å²) in [5, 5.41) is 4.33. The molecule has 1 saturated carbocycles. The summed E-state index contributed by atoms with van der Waals surface area (Å²) in [7, 11) is -3.48. The Bertz CT molecular complexity index is 527. The van der Waals surface area contributed by atoms with Gasteiger partial charge in [0.2, 0.25) is 0 Å². The molecule has 1 heterocycles. The molecule has 102 valence electrons. The van der Waals surface area contributed by atoms with Crippen LogP contribution in [0.25, 0.3) is 0 Å². The largest absolute Gasteiger partial charge is 0.258 e. The smallest absolute Gasteiger partial charge is 0.250 e. The zero-order chi connectivity index (χ0) is 13.6. The van der Waals surface area contributed by atoms with Crippen LogP contribution >= 0.6 is 0 Å². The standard InChI is InChI=1S/C12H21N3O2S/c1-9(2)12(6-7-12)14-18(16,17)11-5-8-13-15(11)10(3)4/h5,8-10,14H,6-7H2,1-4H3. The third-order valence-corrected chi connectivity index (χ3v) is 5.18. The van der Waals surface area contributed by atoms with Gasteiger partial charge in [-0.25, -0.2) is 13.1 Å². The fourth-order valence-corrected chi connectivity index (χ4v) is 3.98. The van der Waals surface area contributed by atoms with E-state index in [1.54, 1.807) is 10.7 Å². The van der Waals surface area contributed by atoms with Crippen LogP contribution in [0.5, 0.6) is 0 Å². The van der Waals surface area contributed by atoms with Gasteiger partial charge in [-0.05, 0) is 38.7 Å². The van der Waals surface area contributed by atoms with Crippen molar-refractivity contribution in [2.24, 2.45) is 5.92 Å². The molecule has 0 atom stereocenters. The van der Waals surface area contributed by atoms with E-state index in [1.165, 1.54) is 6.20 Å². The summed E-state index contributed by atoms with van der Waals surface area (Å²) in [6, 6.07) is 1.58. The Hall–Kier alpha value is -0.880. The van der Waals surface area contributed by atoms with Gasteiger partial charge in [-0.1, -0.05) is 13.8 Å². The van der Waals surface area contributed by atoms with Crippen molar-refractivity contribution in [3.63, 3.8) is 0 Å². The number of aromatic nitrogens is 2. The fourth-order valence-electron chi connectivity index (χ4n) is 2.15. The zero-order valence-corrected chi connectivity index (χ0v) is 12.2. The lowest BCUT2D eigenvalue weighted by atomic mass is 10.0. The van der Waals surface area contributed by atoms with Crippen LogP contribution in [0, 0.1) is 5.92 Å². The molecule has 1 N–H and O–H groups in total. The Morgan fingerprint density at radius 1 is 1.33 bits per heavy atom. The van der Waals surface area contributed by atoms with Gasteiger partial charge < -0.3 is 0 Å². The molecule has 0 aliphatic heterocycles. The predicted molar refractivity (Wildman–Crippen MR) is 69.7 cm³/mol. The van der Waals surface area contributed by atoms with Gasteiger partial charge in [0.25, 0.3) is 10.0 Å². The Labute approximate surface area is 109 Å². The minimum absolute atomic E-state index is 0.0285. The maximum absolute atomic E-state index is 12.4. The van der Waals surface area contributed by atoms with Gasteiger partial charge in [0.1, 0.15) is 0 Å². The predicted octanol–water partition coefficient (Wildman–Crippen LogP) is 1.93. The molecule has 1 fully saturated rings. The van der Waals surface area contributed by atoms with Gasteiger partial charge in [0.05, 0.1) is 6.20 Å². The molecule has 0 saturated heterocycles. The third kappa shape index (κ3) is 2.31. The van der Waals surface area contributed by atoms with Crippen molar-refractivity contribution in [1.82, 2.24) is 14.5 Å². The van der Waals surface area contributed by atoms with E-state index in [0.717, 1.165) is 12.8 Å². The van der Waals surface area contributed by atoms with Crippen LogP contribution in [0.1, 0.15) is 46.6 Å². The third-order valence-electron chi connectivity index (χ3n) is 3.63. The molecule has 0 spiro atoms. The normalized spacial score (nSPS) is 18.6. The molecule has 1 aromatic heterocycles. The maximum Gasteiger partial charge on any atom is 0.258 e. The summed E-state index contributed by atoms with van der Waals surface area (Å²) in [6.07, 6.45) is 3.36. The molecule has 5 nitrogen and oxygen atoms in total. The van der Waals surface area contributed by atoms with Gasteiger partial charge in [0.15, 0.2) is 5.03 Å². The van der Waals surface area contributed by atoms with Crippen molar-refractivity contribution in [2.75, 3.05) is 0 Å². The van der Waals surface area contributed by atoms with Crippen LogP contribution in [0.15, 0.2) is 17.3 Å². The zero-order valence-electron chi connectivity index (χ0n) is 11.3. The molecule has 6 heteroatoms. The molecule has 0 unspecified atom stereocenters. The van der Waals surface area contributed by atoms with E-state index in [0.29, 0.717) is 5.92 Å². The van der Waals surface area contributed by atoms with Crippen molar-refractivity contribution in [1.29, 1.82) is 0 Å². The average molecular weight is 271 g/mol. The lowest BCUT2D eigenvalue weighted by Gasteiger charge is -2.22.